The topological polar surface area (TPSA) is 0 Å². The fraction of sp³-hybridized carbons (Fsp3) is 0.833. The minimum atomic E-state index is 1.27. The van der Waals surface area contributed by atoms with E-state index in [9.17, 15) is 0 Å². The first kappa shape index (κ1) is 33.2. The molecule has 0 unspecified atom stereocenters. The van der Waals surface area contributed by atoms with E-state index in [0.29, 0.717) is 0 Å². The van der Waals surface area contributed by atoms with Crippen LogP contribution in [-0.4, -0.2) is 0 Å². The Morgan fingerprint density at radius 2 is 0.472 bits per heavy atom. The number of benzene rings is 1. The molecule has 1 aromatic carbocycles. The van der Waals surface area contributed by atoms with Crippen molar-refractivity contribution in [2.75, 3.05) is 0 Å². The van der Waals surface area contributed by atoms with Crippen LogP contribution in [0.25, 0.3) is 0 Å². The maximum atomic E-state index is 2.40. The van der Waals surface area contributed by atoms with Crippen LogP contribution in [0.4, 0.5) is 0 Å². The SMILES string of the molecule is CCCCCCCCCCCCCCCc1ccc(CCCCCCCCCCCCCCC)cc1. The first-order valence-electron chi connectivity index (χ1n) is 16.9. The average molecular weight is 499 g/mol. The van der Waals surface area contributed by atoms with Gasteiger partial charge in [0, 0.05) is 0 Å². The predicted octanol–water partition coefficient (Wildman–Crippen LogP) is 13.0. The van der Waals surface area contributed by atoms with Crippen LogP contribution in [0.5, 0.6) is 0 Å². The Hall–Kier alpha value is -0.780. The van der Waals surface area contributed by atoms with Gasteiger partial charge in [-0.2, -0.15) is 0 Å². The van der Waals surface area contributed by atoms with Gasteiger partial charge in [-0.3, -0.25) is 0 Å². The monoisotopic (exact) mass is 499 g/mol. The standard InChI is InChI=1S/C36H66/c1-3-5-7-9-11-13-15-17-19-21-23-25-27-29-35-31-33-36(34-32-35)30-28-26-24-22-20-18-16-14-12-10-8-6-4-2/h31-34H,3-30H2,1-2H3. The lowest BCUT2D eigenvalue weighted by molar-refractivity contribution is 0.539. The highest BCUT2D eigenvalue weighted by Crippen LogP contribution is 2.16. The lowest BCUT2D eigenvalue weighted by atomic mass is 10.0. The Morgan fingerprint density at radius 3 is 0.694 bits per heavy atom. The Labute approximate surface area is 228 Å². The van der Waals surface area contributed by atoms with Crippen LogP contribution >= 0.6 is 0 Å². The van der Waals surface area contributed by atoms with Crippen molar-refractivity contribution < 1.29 is 0 Å². The fourth-order valence-electron chi connectivity index (χ4n) is 5.57. The van der Waals surface area contributed by atoms with Crippen LogP contribution in [0.1, 0.15) is 192 Å². The van der Waals surface area contributed by atoms with E-state index >= 15 is 0 Å². The van der Waals surface area contributed by atoms with Crippen molar-refractivity contribution in [3.63, 3.8) is 0 Å². The van der Waals surface area contributed by atoms with Crippen LogP contribution < -0.4 is 0 Å². The molecule has 0 aliphatic rings. The molecule has 0 amide bonds. The molecule has 0 saturated carbocycles. The average Bonchev–Trinajstić information content (AvgIpc) is 2.90. The molecule has 0 N–H and O–H groups in total. The van der Waals surface area contributed by atoms with Crippen molar-refractivity contribution in [1.29, 1.82) is 0 Å². The Bertz CT molecular complexity index is 478. The zero-order valence-corrected chi connectivity index (χ0v) is 25.1. The summed E-state index contributed by atoms with van der Waals surface area (Å²) in [5.74, 6) is 0. The highest BCUT2D eigenvalue weighted by Gasteiger charge is 1.99. The molecule has 0 nitrogen and oxygen atoms in total. The number of aryl methyl sites for hydroxylation is 2. The molecule has 0 heteroatoms. The first-order chi connectivity index (χ1) is 17.9. The number of hydrogen-bond acceptors (Lipinski definition) is 0. The fourth-order valence-corrected chi connectivity index (χ4v) is 5.57. The molecule has 1 aromatic rings. The van der Waals surface area contributed by atoms with Gasteiger partial charge in [-0.1, -0.05) is 192 Å². The van der Waals surface area contributed by atoms with Gasteiger partial charge in [0.15, 0.2) is 0 Å². The molecule has 0 aliphatic heterocycles. The normalized spacial score (nSPS) is 11.4. The Balaban J connectivity index is 1.85. The molecule has 0 heterocycles. The second-order valence-corrected chi connectivity index (χ2v) is 11.8. The van der Waals surface area contributed by atoms with Crippen LogP contribution in [0.3, 0.4) is 0 Å². The van der Waals surface area contributed by atoms with Crippen molar-refractivity contribution >= 4 is 0 Å². The molecule has 1 rings (SSSR count). The highest BCUT2D eigenvalue weighted by atomic mass is 14.0. The summed E-state index contributed by atoms with van der Waals surface area (Å²) in [6, 6.07) is 9.60. The van der Waals surface area contributed by atoms with Gasteiger partial charge in [-0.25, -0.2) is 0 Å². The maximum Gasteiger partial charge on any atom is -0.0279 e. The van der Waals surface area contributed by atoms with Gasteiger partial charge >= 0.3 is 0 Å². The Kier molecular flexibility index (Phi) is 25.2. The van der Waals surface area contributed by atoms with Crippen molar-refractivity contribution in [3.8, 4) is 0 Å². The van der Waals surface area contributed by atoms with E-state index in [1.807, 2.05) is 0 Å². The first-order valence-corrected chi connectivity index (χ1v) is 16.9. The summed E-state index contributed by atoms with van der Waals surface area (Å²) in [6.45, 7) is 4.61. The molecule has 0 atom stereocenters. The van der Waals surface area contributed by atoms with E-state index in [-0.39, 0.29) is 0 Å². The molecule has 210 valence electrons. The van der Waals surface area contributed by atoms with Crippen LogP contribution in [0, 0.1) is 0 Å². The van der Waals surface area contributed by atoms with Crippen LogP contribution in [-0.2, 0) is 12.8 Å². The minimum Gasteiger partial charge on any atom is -0.0654 e. The highest BCUT2D eigenvalue weighted by molar-refractivity contribution is 5.22. The van der Waals surface area contributed by atoms with Crippen molar-refractivity contribution in [2.45, 2.75) is 194 Å². The van der Waals surface area contributed by atoms with Crippen LogP contribution in [0.2, 0.25) is 0 Å². The van der Waals surface area contributed by atoms with E-state index in [0.717, 1.165) is 0 Å². The van der Waals surface area contributed by atoms with Gasteiger partial charge in [0.25, 0.3) is 0 Å². The van der Waals surface area contributed by atoms with Gasteiger partial charge in [0.2, 0.25) is 0 Å². The summed E-state index contributed by atoms with van der Waals surface area (Å²) >= 11 is 0. The summed E-state index contributed by atoms with van der Waals surface area (Å²) in [7, 11) is 0. The Morgan fingerprint density at radius 1 is 0.278 bits per heavy atom. The quantitative estimate of drug-likeness (QED) is 0.101. The zero-order chi connectivity index (χ0) is 25.8. The molecule has 0 bridgehead atoms. The summed E-state index contributed by atoms with van der Waals surface area (Å²) in [5, 5.41) is 0. The molecule has 0 radical (unpaired) electrons. The molecule has 0 saturated heterocycles. The largest absolute Gasteiger partial charge is 0.0654 e. The minimum absolute atomic E-state index is 1.27. The maximum absolute atomic E-state index is 2.40. The molecule has 0 aromatic heterocycles. The van der Waals surface area contributed by atoms with Gasteiger partial charge in [0.05, 0.1) is 0 Å². The molecular weight excluding hydrogens is 432 g/mol. The van der Waals surface area contributed by atoms with E-state index in [2.05, 4.69) is 38.1 Å². The van der Waals surface area contributed by atoms with Crippen molar-refractivity contribution in [3.05, 3.63) is 35.4 Å². The van der Waals surface area contributed by atoms with Gasteiger partial charge in [0.1, 0.15) is 0 Å². The molecular formula is C36H66. The third-order valence-electron chi connectivity index (χ3n) is 8.16. The van der Waals surface area contributed by atoms with Gasteiger partial charge in [-0.05, 0) is 36.8 Å². The molecule has 0 aliphatic carbocycles. The van der Waals surface area contributed by atoms with E-state index in [1.54, 1.807) is 11.1 Å². The third kappa shape index (κ3) is 22.4. The van der Waals surface area contributed by atoms with Crippen molar-refractivity contribution in [2.24, 2.45) is 0 Å². The summed E-state index contributed by atoms with van der Waals surface area (Å²) in [4.78, 5) is 0. The number of hydrogen-bond donors (Lipinski definition) is 0. The molecule has 0 spiro atoms. The predicted molar refractivity (Wildman–Crippen MR) is 165 cm³/mol. The van der Waals surface area contributed by atoms with E-state index in [4.69, 9.17) is 0 Å². The van der Waals surface area contributed by atoms with Gasteiger partial charge in [-0.15, -0.1) is 0 Å². The molecule has 0 fully saturated rings. The van der Waals surface area contributed by atoms with E-state index in [1.165, 1.54) is 180 Å². The smallest absolute Gasteiger partial charge is 0.0279 e. The molecule has 36 heavy (non-hydrogen) atoms. The van der Waals surface area contributed by atoms with E-state index < -0.39 is 0 Å². The number of rotatable bonds is 28. The summed E-state index contributed by atoms with van der Waals surface area (Å²) in [6.07, 6.45) is 40.0. The van der Waals surface area contributed by atoms with Crippen molar-refractivity contribution in [1.82, 2.24) is 0 Å². The number of unbranched alkanes of at least 4 members (excludes halogenated alkanes) is 24. The summed E-state index contributed by atoms with van der Waals surface area (Å²) < 4.78 is 0. The lowest BCUT2D eigenvalue weighted by Crippen LogP contribution is -1.90. The third-order valence-corrected chi connectivity index (χ3v) is 8.16. The zero-order valence-electron chi connectivity index (χ0n) is 25.1. The van der Waals surface area contributed by atoms with Crippen LogP contribution in [0.15, 0.2) is 24.3 Å². The lowest BCUT2D eigenvalue weighted by Gasteiger charge is -2.06. The second-order valence-electron chi connectivity index (χ2n) is 11.8. The van der Waals surface area contributed by atoms with Gasteiger partial charge < -0.3 is 0 Å². The summed E-state index contributed by atoms with van der Waals surface area (Å²) in [5.41, 5.74) is 3.10. The second kappa shape index (κ2) is 27.3.